The van der Waals surface area contributed by atoms with Crippen molar-refractivity contribution < 1.29 is 24.5 Å². The zero-order valence-corrected chi connectivity index (χ0v) is 17.5. The average molecular weight is 430 g/mol. The number of rotatable bonds is 8. The molecule has 0 aliphatic rings. The summed E-state index contributed by atoms with van der Waals surface area (Å²) >= 11 is 0. The molecule has 162 valence electrons. The van der Waals surface area contributed by atoms with Gasteiger partial charge in [-0.05, 0) is 36.8 Å². The molecule has 32 heavy (non-hydrogen) atoms. The van der Waals surface area contributed by atoms with Crippen molar-refractivity contribution in [1.82, 2.24) is 0 Å². The summed E-state index contributed by atoms with van der Waals surface area (Å²) in [6.45, 7) is 5.35. The minimum atomic E-state index is -0.446. The number of nitrogens with zero attached hydrogens (tertiary/aromatic N) is 2. The van der Waals surface area contributed by atoms with E-state index in [1.54, 1.807) is 61.5 Å². The fourth-order valence-electron chi connectivity index (χ4n) is 2.82. The number of benzene rings is 3. The van der Waals surface area contributed by atoms with Crippen LogP contribution in [0.15, 0.2) is 89.1 Å². The summed E-state index contributed by atoms with van der Waals surface area (Å²) in [5.74, 6) is -1.57. The summed E-state index contributed by atoms with van der Waals surface area (Å²) in [5.41, 5.74) is 1.98. The van der Waals surface area contributed by atoms with Gasteiger partial charge in [0.25, 0.3) is 0 Å². The van der Waals surface area contributed by atoms with E-state index in [0.717, 1.165) is 5.56 Å². The van der Waals surface area contributed by atoms with E-state index < -0.39 is 17.5 Å². The van der Waals surface area contributed by atoms with Gasteiger partial charge in [-0.15, -0.1) is 5.11 Å². The van der Waals surface area contributed by atoms with Crippen molar-refractivity contribution in [2.45, 2.75) is 13.3 Å². The van der Waals surface area contributed by atoms with Crippen molar-refractivity contribution in [1.29, 1.82) is 0 Å². The molecule has 0 saturated heterocycles. The van der Waals surface area contributed by atoms with Gasteiger partial charge in [-0.1, -0.05) is 49.0 Å². The van der Waals surface area contributed by atoms with Crippen LogP contribution in [0.3, 0.4) is 0 Å². The van der Waals surface area contributed by atoms with Crippen LogP contribution in [-0.2, 0) is 16.0 Å². The van der Waals surface area contributed by atoms with E-state index in [4.69, 9.17) is 4.74 Å². The second-order valence-corrected chi connectivity index (χ2v) is 7.06. The molecule has 0 spiro atoms. The van der Waals surface area contributed by atoms with Gasteiger partial charge in [0, 0.05) is 17.6 Å². The minimum Gasteiger partial charge on any atom is -0.505 e. The lowest BCUT2D eigenvalue weighted by Gasteiger charge is -2.07. The maximum atomic E-state index is 12.7. The van der Waals surface area contributed by atoms with Crippen LogP contribution >= 0.6 is 0 Å². The molecular formula is C25H22N2O5. The molecule has 0 atom stereocenters. The molecule has 3 aromatic rings. The topological polar surface area (TPSA) is 109 Å². The molecule has 0 aromatic heterocycles. The first kappa shape index (κ1) is 22.4. The third kappa shape index (κ3) is 5.46. The van der Waals surface area contributed by atoms with Crippen molar-refractivity contribution in [3.8, 4) is 11.5 Å². The van der Waals surface area contributed by atoms with E-state index in [-0.39, 0.29) is 23.6 Å². The quantitative estimate of drug-likeness (QED) is 0.215. The molecule has 0 bridgehead atoms. The fourth-order valence-corrected chi connectivity index (χ4v) is 2.82. The van der Waals surface area contributed by atoms with Gasteiger partial charge >= 0.3 is 5.97 Å². The number of carbonyl (C=O) groups is 2. The van der Waals surface area contributed by atoms with Crippen molar-refractivity contribution in [3.05, 3.63) is 95.6 Å². The van der Waals surface area contributed by atoms with Gasteiger partial charge in [0.1, 0.15) is 5.75 Å². The monoisotopic (exact) mass is 430 g/mol. The van der Waals surface area contributed by atoms with Crippen LogP contribution in [0.25, 0.3) is 0 Å². The van der Waals surface area contributed by atoms with Crippen molar-refractivity contribution in [2.24, 2.45) is 10.2 Å². The number of ketones is 1. The number of hydrogen-bond acceptors (Lipinski definition) is 7. The van der Waals surface area contributed by atoms with E-state index >= 15 is 0 Å². The Kier molecular flexibility index (Phi) is 7.13. The SMILES string of the molecule is C=C(C)C(=O)OCCc1ccc(N=Nc2c(O)ccc(C(=O)c3ccccc3)c2O)cc1. The number of ether oxygens (including phenoxy) is 1. The molecule has 0 amide bonds. The highest BCUT2D eigenvalue weighted by Gasteiger charge is 2.19. The Balaban J connectivity index is 1.73. The first-order chi connectivity index (χ1) is 15.4. The molecule has 0 heterocycles. The van der Waals surface area contributed by atoms with Gasteiger partial charge in [-0.25, -0.2) is 4.79 Å². The summed E-state index contributed by atoms with van der Waals surface area (Å²) in [5, 5.41) is 28.6. The molecule has 0 saturated carbocycles. The number of esters is 1. The number of phenols is 2. The third-order valence-electron chi connectivity index (χ3n) is 4.58. The molecule has 0 aliphatic carbocycles. The number of carbonyl (C=O) groups excluding carboxylic acids is 2. The fraction of sp³-hybridized carbons (Fsp3) is 0.120. The summed E-state index contributed by atoms with van der Waals surface area (Å²) < 4.78 is 5.07. The molecule has 7 nitrogen and oxygen atoms in total. The average Bonchev–Trinajstić information content (AvgIpc) is 2.80. The first-order valence-corrected chi connectivity index (χ1v) is 9.85. The van der Waals surface area contributed by atoms with Crippen LogP contribution in [0.4, 0.5) is 11.4 Å². The number of phenolic OH excluding ortho intramolecular Hbond substituents is 2. The van der Waals surface area contributed by atoms with Crippen molar-refractivity contribution in [3.63, 3.8) is 0 Å². The number of hydrogen-bond donors (Lipinski definition) is 2. The van der Waals surface area contributed by atoms with E-state index in [1.165, 1.54) is 12.1 Å². The van der Waals surface area contributed by atoms with Gasteiger partial charge in [0.05, 0.1) is 17.9 Å². The molecule has 0 fully saturated rings. The predicted molar refractivity (Wildman–Crippen MR) is 120 cm³/mol. The van der Waals surface area contributed by atoms with Gasteiger partial charge < -0.3 is 14.9 Å². The molecule has 3 aromatic carbocycles. The Hall–Kier alpha value is -4.26. The van der Waals surface area contributed by atoms with E-state index in [1.807, 2.05) is 0 Å². The maximum Gasteiger partial charge on any atom is 0.333 e. The lowest BCUT2D eigenvalue weighted by Crippen LogP contribution is -2.07. The normalized spacial score (nSPS) is 10.8. The highest BCUT2D eigenvalue weighted by molar-refractivity contribution is 6.11. The lowest BCUT2D eigenvalue weighted by molar-refractivity contribution is -0.138. The molecule has 3 rings (SSSR count). The van der Waals surface area contributed by atoms with Crippen molar-refractivity contribution >= 4 is 23.1 Å². The Morgan fingerprint density at radius 3 is 2.28 bits per heavy atom. The van der Waals surface area contributed by atoms with Gasteiger partial charge in [-0.3, -0.25) is 4.79 Å². The number of aromatic hydroxyl groups is 2. The Labute approximate surface area is 185 Å². The van der Waals surface area contributed by atoms with E-state index in [2.05, 4.69) is 16.8 Å². The summed E-state index contributed by atoms with van der Waals surface area (Å²) in [7, 11) is 0. The highest BCUT2D eigenvalue weighted by atomic mass is 16.5. The second kappa shape index (κ2) is 10.2. The van der Waals surface area contributed by atoms with Gasteiger partial charge in [-0.2, -0.15) is 5.11 Å². The van der Waals surface area contributed by atoms with E-state index in [0.29, 0.717) is 23.2 Å². The highest BCUT2D eigenvalue weighted by Crippen LogP contribution is 2.40. The van der Waals surface area contributed by atoms with Crippen LogP contribution in [0.1, 0.15) is 28.4 Å². The molecule has 0 aliphatic heterocycles. The van der Waals surface area contributed by atoms with E-state index in [9.17, 15) is 19.8 Å². The minimum absolute atomic E-state index is 0.0163. The molecular weight excluding hydrogens is 408 g/mol. The van der Waals surface area contributed by atoms with Crippen LogP contribution in [0, 0.1) is 0 Å². The maximum absolute atomic E-state index is 12.7. The Morgan fingerprint density at radius 2 is 1.62 bits per heavy atom. The van der Waals surface area contributed by atoms with Crippen LogP contribution in [-0.4, -0.2) is 28.6 Å². The van der Waals surface area contributed by atoms with Gasteiger partial charge in [0.2, 0.25) is 0 Å². The predicted octanol–water partition coefficient (Wildman–Crippen LogP) is 5.41. The zero-order valence-electron chi connectivity index (χ0n) is 17.5. The lowest BCUT2D eigenvalue weighted by atomic mass is 10.0. The van der Waals surface area contributed by atoms with Gasteiger partial charge in [0.15, 0.2) is 17.2 Å². The van der Waals surface area contributed by atoms with Crippen molar-refractivity contribution in [2.75, 3.05) is 6.61 Å². The molecule has 0 radical (unpaired) electrons. The summed E-state index contributed by atoms with van der Waals surface area (Å²) in [6, 6.07) is 18.1. The largest absolute Gasteiger partial charge is 0.505 e. The van der Waals surface area contributed by atoms with Crippen LogP contribution < -0.4 is 0 Å². The number of azo groups is 1. The summed E-state index contributed by atoms with van der Waals surface area (Å²) in [4.78, 5) is 24.1. The molecule has 7 heteroatoms. The van der Waals surface area contributed by atoms with Crippen LogP contribution in [0.5, 0.6) is 11.5 Å². The smallest absolute Gasteiger partial charge is 0.333 e. The Morgan fingerprint density at radius 1 is 0.938 bits per heavy atom. The standard InChI is InChI=1S/C25H22N2O5/c1-16(2)25(31)32-15-14-17-8-10-19(11-9-17)26-27-22-21(28)13-12-20(24(22)30)23(29)18-6-4-3-5-7-18/h3-13,28,30H,1,14-15H2,2H3. The second-order valence-electron chi connectivity index (χ2n) is 7.06. The Bertz CT molecular complexity index is 1170. The summed E-state index contributed by atoms with van der Waals surface area (Å²) in [6.07, 6.45) is 0.529. The zero-order chi connectivity index (χ0) is 23.1. The third-order valence-corrected chi connectivity index (χ3v) is 4.58. The molecule has 0 unspecified atom stereocenters. The molecule has 2 N–H and O–H groups in total. The first-order valence-electron chi connectivity index (χ1n) is 9.85. The van der Waals surface area contributed by atoms with Crippen LogP contribution in [0.2, 0.25) is 0 Å².